The van der Waals surface area contributed by atoms with Gasteiger partial charge in [-0.25, -0.2) is 18.9 Å². The molecule has 0 radical (unpaired) electrons. The lowest BCUT2D eigenvalue weighted by molar-refractivity contribution is 0.102. The van der Waals surface area contributed by atoms with Gasteiger partial charge in [0.25, 0.3) is 11.5 Å². The van der Waals surface area contributed by atoms with Crippen molar-refractivity contribution in [3.05, 3.63) is 88.3 Å². The highest BCUT2D eigenvalue weighted by atomic mass is 19.1. The molecular formula is C30H33FN6O4. The summed E-state index contributed by atoms with van der Waals surface area (Å²) in [4.78, 5) is 44.8. The number of urea groups is 1. The summed E-state index contributed by atoms with van der Waals surface area (Å²) in [6, 6.07) is 6.60. The number of anilines is 2. The summed E-state index contributed by atoms with van der Waals surface area (Å²) in [6.45, 7) is 5.11. The van der Waals surface area contributed by atoms with Crippen molar-refractivity contribution in [1.29, 1.82) is 0 Å². The lowest BCUT2D eigenvalue weighted by Gasteiger charge is -2.26. The molecule has 2 N–H and O–H groups in total. The van der Waals surface area contributed by atoms with Crippen LogP contribution in [0.2, 0.25) is 0 Å². The first-order chi connectivity index (χ1) is 19.7. The predicted octanol–water partition coefficient (Wildman–Crippen LogP) is 5.39. The van der Waals surface area contributed by atoms with E-state index in [9.17, 15) is 14.4 Å². The average molecular weight is 561 g/mol. The van der Waals surface area contributed by atoms with Gasteiger partial charge in [-0.1, -0.05) is 31.2 Å². The number of hydrogen-bond donors (Lipinski definition) is 2. The fraction of sp³-hybridized carbons (Fsp3) is 0.333. The maximum atomic E-state index is 15.0. The van der Waals surface area contributed by atoms with Gasteiger partial charge in [-0.15, -0.1) is 0 Å². The molecule has 3 heterocycles. The molecular weight excluding hydrogens is 527 g/mol. The number of nitrogens with zero attached hydrogens (tertiary/aromatic N) is 4. The van der Waals surface area contributed by atoms with Crippen molar-refractivity contribution in [3.63, 3.8) is 0 Å². The van der Waals surface area contributed by atoms with Gasteiger partial charge in [-0.3, -0.25) is 19.6 Å². The van der Waals surface area contributed by atoms with E-state index in [-0.39, 0.29) is 40.7 Å². The number of carbonyl (C=O) groups is 2. The Kier molecular flexibility index (Phi) is 8.04. The van der Waals surface area contributed by atoms with Crippen molar-refractivity contribution in [2.45, 2.75) is 39.2 Å². The largest absolute Gasteiger partial charge is 0.454 e. The fourth-order valence-corrected chi connectivity index (χ4v) is 5.15. The number of benzene rings is 1. The molecule has 1 aliphatic heterocycles. The van der Waals surface area contributed by atoms with E-state index in [0.717, 1.165) is 25.3 Å². The molecule has 3 aromatic rings. The van der Waals surface area contributed by atoms with E-state index < -0.39 is 17.3 Å². The summed E-state index contributed by atoms with van der Waals surface area (Å²) in [5, 5.41) is 5.39. The second-order valence-corrected chi connectivity index (χ2v) is 10.3. The number of amides is 3. The molecule has 10 nitrogen and oxygen atoms in total. The standard InChI is InChI=1S/C30H33FN6O4/c1-19-9-5-6-10-24(19)37-29(39)27(20(2)35(37)3)28(38)33-21-11-12-25(23(31)17-21)41-22-13-14-32-26(18-22)34-30(40)36-15-7-4-8-16-36/h5-6,9-14,17-19,24H,4,7-8,15-16H2,1-3H3,(H,33,38)(H,32,34,40). The van der Waals surface area contributed by atoms with Crippen LogP contribution in [0.25, 0.3) is 0 Å². The lowest BCUT2D eigenvalue weighted by Crippen LogP contribution is -2.38. The number of piperidine rings is 1. The molecule has 3 amide bonds. The van der Waals surface area contributed by atoms with Crippen LogP contribution in [0.15, 0.2) is 65.6 Å². The molecule has 0 saturated carbocycles. The molecule has 1 aromatic carbocycles. The van der Waals surface area contributed by atoms with Gasteiger partial charge in [0, 0.05) is 55.8 Å². The van der Waals surface area contributed by atoms with Gasteiger partial charge in [0.2, 0.25) is 0 Å². The van der Waals surface area contributed by atoms with Crippen LogP contribution in [0.3, 0.4) is 0 Å². The van der Waals surface area contributed by atoms with Crippen molar-refractivity contribution in [1.82, 2.24) is 19.2 Å². The zero-order valence-corrected chi connectivity index (χ0v) is 23.3. The molecule has 1 fully saturated rings. The quantitative estimate of drug-likeness (QED) is 0.420. The van der Waals surface area contributed by atoms with Crippen LogP contribution in [0.5, 0.6) is 11.5 Å². The molecule has 11 heteroatoms. The molecule has 2 atom stereocenters. The first-order valence-electron chi connectivity index (χ1n) is 13.7. The van der Waals surface area contributed by atoms with Gasteiger partial charge < -0.3 is 15.0 Å². The Labute approximate surface area is 237 Å². The third-order valence-corrected chi connectivity index (χ3v) is 7.50. The lowest BCUT2D eigenvalue weighted by atomic mass is 9.97. The van der Waals surface area contributed by atoms with Gasteiger partial charge in [0.1, 0.15) is 17.1 Å². The number of ether oxygens (including phenoxy) is 1. The smallest absolute Gasteiger partial charge is 0.323 e. The summed E-state index contributed by atoms with van der Waals surface area (Å²) in [5.41, 5.74) is 0.260. The molecule has 2 aromatic heterocycles. The number of likely N-dealkylation sites (tertiary alicyclic amines) is 1. The number of aromatic nitrogens is 3. The van der Waals surface area contributed by atoms with Crippen LogP contribution in [0, 0.1) is 18.7 Å². The second-order valence-electron chi connectivity index (χ2n) is 10.3. The number of hydrogen-bond acceptors (Lipinski definition) is 5. The zero-order chi connectivity index (χ0) is 29.1. The Morgan fingerprint density at radius 1 is 1.05 bits per heavy atom. The van der Waals surface area contributed by atoms with E-state index in [4.69, 9.17) is 4.74 Å². The number of carbonyl (C=O) groups excluding carboxylic acids is 2. The minimum absolute atomic E-state index is 0.000645. The van der Waals surface area contributed by atoms with Gasteiger partial charge in [0.05, 0.1) is 6.04 Å². The maximum absolute atomic E-state index is 15.0. The Bertz CT molecular complexity index is 1580. The van der Waals surface area contributed by atoms with Crippen LogP contribution in [0.1, 0.15) is 48.3 Å². The highest BCUT2D eigenvalue weighted by Gasteiger charge is 2.27. The monoisotopic (exact) mass is 560 g/mol. The van der Waals surface area contributed by atoms with E-state index >= 15 is 4.39 Å². The van der Waals surface area contributed by atoms with Gasteiger partial charge in [0.15, 0.2) is 11.6 Å². The minimum Gasteiger partial charge on any atom is -0.454 e. The van der Waals surface area contributed by atoms with Gasteiger partial charge in [-0.05, 0) is 44.4 Å². The van der Waals surface area contributed by atoms with Crippen molar-refractivity contribution in [2.75, 3.05) is 23.7 Å². The van der Waals surface area contributed by atoms with E-state index in [2.05, 4.69) is 15.6 Å². The number of pyridine rings is 1. The van der Waals surface area contributed by atoms with Gasteiger partial charge >= 0.3 is 6.03 Å². The number of nitrogens with one attached hydrogen (secondary N) is 2. The van der Waals surface area contributed by atoms with Crippen molar-refractivity contribution >= 4 is 23.4 Å². The van der Waals surface area contributed by atoms with Crippen LogP contribution >= 0.6 is 0 Å². The highest BCUT2D eigenvalue weighted by molar-refractivity contribution is 6.04. The molecule has 0 bridgehead atoms. The number of rotatable bonds is 6. The Hall–Kier alpha value is -4.67. The number of halogens is 1. The van der Waals surface area contributed by atoms with Crippen molar-refractivity contribution < 1.29 is 18.7 Å². The Balaban J connectivity index is 1.27. The SMILES string of the molecule is Cc1c(C(=O)Nc2ccc(Oc3ccnc(NC(=O)N4CCCCC4)c3)c(F)c2)c(=O)n(C2C=CC=CC2C)n1C. The molecule has 1 saturated heterocycles. The summed E-state index contributed by atoms with van der Waals surface area (Å²) in [5.74, 6) is -0.765. The van der Waals surface area contributed by atoms with E-state index in [0.29, 0.717) is 24.6 Å². The van der Waals surface area contributed by atoms with Crippen LogP contribution in [0.4, 0.5) is 20.7 Å². The molecule has 5 rings (SSSR count). The molecule has 0 spiro atoms. The highest BCUT2D eigenvalue weighted by Crippen LogP contribution is 2.29. The molecule has 214 valence electrons. The molecule has 2 unspecified atom stereocenters. The zero-order valence-electron chi connectivity index (χ0n) is 23.3. The van der Waals surface area contributed by atoms with Crippen molar-refractivity contribution in [3.8, 4) is 11.5 Å². The Morgan fingerprint density at radius 2 is 1.80 bits per heavy atom. The third-order valence-electron chi connectivity index (χ3n) is 7.50. The molecule has 1 aliphatic carbocycles. The predicted molar refractivity (Wildman–Crippen MR) is 154 cm³/mol. The van der Waals surface area contributed by atoms with E-state index in [1.807, 2.05) is 31.2 Å². The topological polar surface area (TPSA) is 110 Å². The summed E-state index contributed by atoms with van der Waals surface area (Å²) < 4.78 is 23.9. The summed E-state index contributed by atoms with van der Waals surface area (Å²) >= 11 is 0. The maximum Gasteiger partial charge on any atom is 0.323 e. The normalized spacial score (nSPS) is 18.3. The first-order valence-corrected chi connectivity index (χ1v) is 13.7. The van der Waals surface area contributed by atoms with Crippen LogP contribution < -0.4 is 20.9 Å². The van der Waals surface area contributed by atoms with Crippen molar-refractivity contribution in [2.24, 2.45) is 13.0 Å². The fourth-order valence-electron chi connectivity index (χ4n) is 5.15. The minimum atomic E-state index is -0.714. The van der Waals surface area contributed by atoms with Crippen LogP contribution in [-0.2, 0) is 7.05 Å². The average Bonchev–Trinajstić information content (AvgIpc) is 3.18. The summed E-state index contributed by atoms with van der Waals surface area (Å²) in [7, 11) is 1.74. The van der Waals surface area contributed by atoms with Crippen LogP contribution in [-0.4, -0.2) is 44.3 Å². The third kappa shape index (κ3) is 5.93. The molecule has 2 aliphatic rings. The second kappa shape index (κ2) is 11.8. The van der Waals surface area contributed by atoms with E-state index in [1.54, 1.807) is 34.3 Å². The first kappa shape index (κ1) is 27.9. The van der Waals surface area contributed by atoms with Gasteiger partial charge in [-0.2, -0.15) is 0 Å². The van der Waals surface area contributed by atoms with E-state index in [1.165, 1.54) is 24.4 Å². The Morgan fingerprint density at radius 3 is 2.54 bits per heavy atom. The summed E-state index contributed by atoms with van der Waals surface area (Å²) in [6.07, 6.45) is 12.3. The number of allylic oxidation sites excluding steroid dienone is 4. The molecule has 41 heavy (non-hydrogen) atoms.